The fraction of sp³-hybridized carbons (Fsp3) is 0.375. The van der Waals surface area contributed by atoms with E-state index in [2.05, 4.69) is 21.8 Å². The first-order valence-corrected chi connectivity index (χ1v) is 6.90. The number of benzene rings is 1. The largest absolute Gasteiger partial charge is 0.383 e. The second-order valence-corrected chi connectivity index (χ2v) is 5.59. The number of rotatable bonds is 2. The van der Waals surface area contributed by atoms with Crippen molar-refractivity contribution in [2.75, 3.05) is 18.0 Å². The van der Waals surface area contributed by atoms with Crippen LogP contribution in [-0.2, 0) is 5.60 Å². The van der Waals surface area contributed by atoms with Crippen molar-refractivity contribution in [3.63, 3.8) is 0 Å². The predicted molar refractivity (Wildman–Crippen MR) is 78.7 cm³/mol. The minimum Gasteiger partial charge on any atom is -0.383 e. The van der Waals surface area contributed by atoms with Gasteiger partial charge in [0.15, 0.2) is 0 Å². The Morgan fingerprint density at radius 3 is 2.60 bits per heavy atom. The van der Waals surface area contributed by atoms with E-state index in [0.29, 0.717) is 6.54 Å². The molecule has 1 aliphatic heterocycles. The maximum Gasteiger partial charge on any atom is 0.132 e. The summed E-state index contributed by atoms with van der Waals surface area (Å²) in [5.74, 6) is 0.889. The monoisotopic (exact) mass is 269 g/mol. The van der Waals surface area contributed by atoms with Crippen molar-refractivity contribution in [2.24, 2.45) is 0 Å². The van der Waals surface area contributed by atoms with Gasteiger partial charge in [0.25, 0.3) is 0 Å². The van der Waals surface area contributed by atoms with Crippen molar-refractivity contribution in [1.82, 2.24) is 9.97 Å². The first-order chi connectivity index (χ1) is 9.57. The minimum atomic E-state index is -0.785. The number of aromatic nitrogens is 2. The summed E-state index contributed by atoms with van der Waals surface area (Å²) in [7, 11) is 0. The highest BCUT2D eigenvalue weighted by atomic mass is 16.3. The van der Waals surface area contributed by atoms with Gasteiger partial charge in [-0.2, -0.15) is 0 Å². The van der Waals surface area contributed by atoms with Crippen LogP contribution in [0.1, 0.15) is 23.2 Å². The van der Waals surface area contributed by atoms with Crippen LogP contribution < -0.4 is 4.90 Å². The maximum atomic E-state index is 10.9. The molecule has 0 bridgehead atoms. The third kappa shape index (κ3) is 2.39. The van der Waals surface area contributed by atoms with Crippen LogP contribution in [-0.4, -0.2) is 28.2 Å². The van der Waals surface area contributed by atoms with Crippen LogP contribution in [0.15, 0.2) is 36.7 Å². The fourth-order valence-electron chi connectivity index (χ4n) is 2.70. The van der Waals surface area contributed by atoms with E-state index in [4.69, 9.17) is 0 Å². The van der Waals surface area contributed by atoms with E-state index in [1.807, 2.05) is 37.3 Å². The number of β-amino-alcohol motifs (C(OH)–C–C–N with tert-alkyl or cyclic N) is 1. The Morgan fingerprint density at radius 1 is 1.15 bits per heavy atom. The number of aliphatic hydroxyl groups is 1. The van der Waals surface area contributed by atoms with E-state index in [-0.39, 0.29) is 0 Å². The van der Waals surface area contributed by atoms with Crippen molar-refractivity contribution >= 4 is 5.82 Å². The molecule has 0 saturated carbocycles. The van der Waals surface area contributed by atoms with Crippen molar-refractivity contribution in [2.45, 2.75) is 25.9 Å². The highest BCUT2D eigenvalue weighted by Gasteiger charge is 2.38. The van der Waals surface area contributed by atoms with Crippen LogP contribution in [0.5, 0.6) is 0 Å². The molecule has 1 aliphatic rings. The van der Waals surface area contributed by atoms with Crippen molar-refractivity contribution in [1.29, 1.82) is 0 Å². The molecule has 1 aromatic carbocycles. The molecule has 1 aromatic heterocycles. The summed E-state index contributed by atoms with van der Waals surface area (Å²) in [4.78, 5) is 10.5. The normalized spacial score (nSPS) is 22.2. The smallest absolute Gasteiger partial charge is 0.132 e. The Balaban J connectivity index is 1.83. The number of hydrogen-bond donors (Lipinski definition) is 1. The molecular formula is C16H19N3O. The molecule has 4 heteroatoms. The van der Waals surface area contributed by atoms with E-state index in [1.54, 1.807) is 6.33 Å². The molecule has 0 spiro atoms. The Kier molecular flexibility index (Phi) is 3.18. The van der Waals surface area contributed by atoms with Crippen LogP contribution in [0.4, 0.5) is 5.82 Å². The zero-order valence-corrected chi connectivity index (χ0v) is 11.9. The quantitative estimate of drug-likeness (QED) is 0.908. The maximum absolute atomic E-state index is 10.9. The van der Waals surface area contributed by atoms with Gasteiger partial charge in [0, 0.05) is 18.3 Å². The Labute approximate surface area is 119 Å². The van der Waals surface area contributed by atoms with Gasteiger partial charge in [-0.15, -0.1) is 0 Å². The van der Waals surface area contributed by atoms with Gasteiger partial charge in [0.1, 0.15) is 17.7 Å². The topological polar surface area (TPSA) is 49.2 Å². The summed E-state index contributed by atoms with van der Waals surface area (Å²) in [6.07, 6.45) is 2.30. The number of aryl methyl sites for hydroxylation is 2. The van der Waals surface area contributed by atoms with E-state index in [0.717, 1.165) is 30.0 Å². The lowest BCUT2D eigenvalue weighted by Gasteiger charge is -2.24. The molecule has 1 N–H and O–H groups in total. The fourth-order valence-corrected chi connectivity index (χ4v) is 2.70. The van der Waals surface area contributed by atoms with Crippen molar-refractivity contribution in [3.05, 3.63) is 53.5 Å². The summed E-state index contributed by atoms with van der Waals surface area (Å²) in [5.41, 5.74) is 2.35. The van der Waals surface area contributed by atoms with E-state index >= 15 is 0 Å². The number of anilines is 1. The second kappa shape index (κ2) is 4.87. The molecule has 0 radical (unpaired) electrons. The lowest BCUT2D eigenvalue weighted by molar-refractivity contribution is 0.0606. The minimum absolute atomic E-state index is 0.576. The third-order valence-electron chi connectivity index (χ3n) is 3.95. The molecule has 1 fully saturated rings. The highest BCUT2D eigenvalue weighted by molar-refractivity contribution is 5.43. The zero-order valence-electron chi connectivity index (χ0n) is 11.9. The lowest BCUT2D eigenvalue weighted by atomic mass is 9.92. The van der Waals surface area contributed by atoms with Crippen LogP contribution in [0.2, 0.25) is 0 Å². The molecule has 2 heterocycles. The molecule has 104 valence electrons. The number of hydrogen-bond acceptors (Lipinski definition) is 4. The van der Waals surface area contributed by atoms with E-state index in [1.165, 1.54) is 5.56 Å². The second-order valence-electron chi connectivity index (χ2n) is 5.59. The Hall–Kier alpha value is -1.94. The SMILES string of the molecule is Cc1ccc(C2(O)CCN(c3cc(C)ncn3)C2)cc1. The molecule has 20 heavy (non-hydrogen) atoms. The molecule has 1 unspecified atom stereocenters. The van der Waals surface area contributed by atoms with Gasteiger partial charge in [-0.3, -0.25) is 0 Å². The summed E-state index contributed by atoms with van der Waals surface area (Å²) in [6, 6.07) is 10.1. The summed E-state index contributed by atoms with van der Waals surface area (Å²) in [6.45, 7) is 5.39. The van der Waals surface area contributed by atoms with Crippen LogP contribution in [0, 0.1) is 13.8 Å². The van der Waals surface area contributed by atoms with Gasteiger partial charge in [-0.1, -0.05) is 29.8 Å². The van der Waals surface area contributed by atoms with E-state index in [9.17, 15) is 5.11 Å². The van der Waals surface area contributed by atoms with Crippen molar-refractivity contribution in [3.8, 4) is 0 Å². The highest BCUT2D eigenvalue weighted by Crippen LogP contribution is 2.33. The first kappa shape index (κ1) is 13.1. The summed E-state index contributed by atoms with van der Waals surface area (Å²) < 4.78 is 0. The standard InChI is InChI=1S/C16H19N3O/c1-12-3-5-14(6-4-12)16(20)7-8-19(10-16)15-9-13(2)17-11-18-15/h3-6,9,11,20H,7-8,10H2,1-2H3. The number of nitrogens with zero attached hydrogens (tertiary/aromatic N) is 3. The third-order valence-corrected chi connectivity index (χ3v) is 3.95. The average Bonchev–Trinajstić information content (AvgIpc) is 2.83. The summed E-state index contributed by atoms with van der Waals surface area (Å²) in [5, 5.41) is 10.9. The van der Waals surface area contributed by atoms with Gasteiger partial charge >= 0.3 is 0 Å². The van der Waals surface area contributed by atoms with Gasteiger partial charge in [-0.05, 0) is 25.8 Å². The molecule has 4 nitrogen and oxygen atoms in total. The molecule has 3 rings (SSSR count). The van der Waals surface area contributed by atoms with Gasteiger partial charge in [0.05, 0.1) is 6.54 Å². The Morgan fingerprint density at radius 2 is 1.90 bits per heavy atom. The summed E-state index contributed by atoms with van der Waals surface area (Å²) >= 11 is 0. The lowest BCUT2D eigenvalue weighted by Crippen LogP contribution is -2.31. The van der Waals surface area contributed by atoms with Gasteiger partial charge < -0.3 is 10.0 Å². The Bertz CT molecular complexity index is 611. The van der Waals surface area contributed by atoms with E-state index < -0.39 is 5.60 Å². The average molecular weight is 269 g/mol. The van der Waals surface area contributed by atoms with Gasteiger partial charge in [0.2, 0.25) is 0 Å². The molecule has 1 atom stereocenters. The van der Waals surface area contributed by atoms with Gasteiger partial charge in [-0.25, -0.2) is 9.97 Å². The molecule has 0 amide bonds. The molecule has 1 saturated heterocycles. The van der Waals surface area contributed by atoms with Crippen LogP contribution >= 0.6 is 0 Å². The zero-order chi connectivity index (χ0) is 14.2. The first-order valence-electron chi connectivity index (χ1n) is 6.90. The predicted octanol–water partition coefficient (Wildman–Crippen LogP) is 2.19. The molecule has 0 aliphatic carbocycles. The van der Waals surface area contributed by atoms with Crippen LogP contribution in [0.3, 0.4) is 0 Å². The molecular weight excluding hydrogens is 250 g/mol. The van der Waals surface area contributed by atoms with Crippen LogP contribution in [0.25, 0.3) is 0 Å². The van der Waals surface area contributed by atoms with Crippen molar-refractivity contribution < 1.29 is 5.11 Å². The molecule has 2 aromatic rings.